The number of hydrogen-bond donors (Lipinski definition) is 1. The van der Waals surface area contributed by atoms with Crippen molar-refractivity contribution in [2.45, 2.75) is 72.4 Å². The lowest BCUT2D eigenvalue weighted by molar-refractivity contribution is 0.0429. The van der Waals surface area contributed by atoms with Crippen LogP contribution in [0.2, 0.25) is 0 Å². The highest BCUT2D eigenvalue weighted by Crippen LogP contribution is 2.29. The van der Waals surface area contributed by atoms with Gasteiger partial charge < -0.3 is 5.32 Å². The van der Waals surface area contributed by atoms with Crippen molar-refractivity contribution in [3.05, 3.63) is 0 Å². The zero-order valence-corrected chi connectivity index (χ0v) is 13.2. The van der Waals surface area contributed by atoms with Crippen LogP contribution in [0.25, 0.3) is 0 Å². The minimum Gasteiger partial charge on any atom is -0.317 e. The van der Waals surface area contributed by atoms with Crippen molar-refractivity contribution in [1.29, 1.82) is 0 Å². The van der Waals surface area contributed by atoms with E-state index < -0.39 is 0 Å². The number of rotatable bonds is 7. The van der Waals surface area contributed by atoms with Crippen LogP contribution in [0.3, 0.4) is 0 Å². The Morgan fingerprint density at radius 3 is 2.61 bits per heavy atom. The van der Waals surface area contributed by atoms with Crippen LogP contribution in [0.1, 0.15) is 60.3 Å². The summed E-state index contributed by atoms with van der Waals surface area (Å²) >= 11 is 0. The predicted octanol–water partition coefficient (Wildman–Crippen LogP) is 3.52. The molecule has 0 radical (unpaired) electrons. The first-order valence-corrected chi connectivity index (χ1v) is 8.02. The summed E-state index contributed by atoms with van der Waals surface area (Å²) in [6.45, 7) is 15.5. The molecule has 2 heteroatoms. The van der Waals surface area contributed by atoms with E-state index in [1.165, 1.54) is 45.3 Å². The Hall–Kier alpha value is -0.0800. The molecule has 1 saturated heterocycles. The Kier molecular flexibility index (Phi) is 7.25. The fourth-order valence-corrected chi connectivity index (χ4v) is 3.33. The van der Waals surface area contributed by atoms with E-state index in [0.717, 1.165) is 23.9 Å². The van der Waals surface area contributed by atoms with Crippen molar-refractivity contribution in [3.63, 3.8) is 0 Å². The second kappa shape index (κ2) is 8.16. The summed E-state index contributed by atoms with van der Waals surface area (Å²) in [5, 5.41) is 3.50. The molecule has 1 fully saturated rings. The topological polar surface area (TPSA) is 15.3 Å². The van der Waals surface area contributed by atoms with E-state index in [2.05, 4.69) is 44.8 Å². The van der Waals surface area contributed by atoms with E-state index in [4.69, 9.17) is 0 Å². The molecule has 0 aromatic carbocycles. The van der Waals surface area contributed by atoms with Gasteiger partial charge in [-0.2, -0.15) is 0 Å². The van der Waals surface area contributed by atoms with Crippen molar-refractivity contribution in [3.8, 4) is 0 Å². The molecule has 1 aliphatic heterocycles. The van der Waals surface area contributed by atoms with Crippen molar-refractivity contribution in [2.75, 3.05) is 19.6 Å². The van der Waals surface area contributed by atoms with Gasteiger partial charge in [0, 0.05) is 18.6 Å². The lowest BCUT2D eigenvalue weighted by Gasteiger charge is -2.44. The number of nitrogens with zero attached hydrogens (tertiary/aromatic N) is 1. The van der Waals surface area contributed by atoms with E-state index >= 15 is 0 Å². The molecule has 0 aliphatic carbocycles. The normalized spacial score (nSPS) is 31.5. The quantitative estimate of drug-likeness (QED) is 0.699. The molecule has 1 rings (SSSR count). The third-order valence-electron chi connectivity index (χ3n) is 4.61. The first-order valence-electron chi connectivity index (χ1n) is 8.02. The lowest BCUT2D eigenvalue weighted by atomic mass is 9.84. The van der Waals surface area contributed by atoms with Gasteiger partial charge in [0.1, 0.15) is 0 Å². The molecule has 0 aromatic heterocycles. The number of piperidine rings is 1. The molecule has 108 valence electrons. The van der Waals surface area contributed by atoms with Crippen molar-refractivity contribution < 1.29 is 0 Å². The third-order valence-corrected chi connectivity index (χ3v) is 4.61. The zero-order valence-electron chi connectivity index (χ0n) is 13.2. The molecule has 4 atom stereocenters. The first-order chi connectivity index (χ1) is 8.56. The van der Waals surface area contributed by atoms with Crippen molar-refractivity contribution >= 4 is 0 Å². The first kappa shape index (κ1) is 16.0. The second-order valence-corrected chi connectivity index (χ2v) is 6.50. The van der Waals surface area contributed by atoms with Crippen LogP contribution in [-0.4, -0.2) is 36.6 Å². The summed E-state index contributed by atoms with van der Waals surface area (Å²) in [5.74, 6) is 1.73. The molecule has 0 saturated carbocycles. The largest absolute Gasteiger partial charge is 0.317 e. The van der Waals surface area contributed by atoms with E-state index in [1.54, 1.807) is 0 Å². The number of likely N-dealkylation sites (tertiary alicyclic amines) is 1. The van der Waals surface area contributed by atoms with Crippen LogP contribution in [0.5, 0.6) is 0 Å². The summed E-state index contributed by atoms with van der Waals surface area (Å²) in [6.07, 6.45) is 5.30. The van der Waals surface area contributed by atoms with Crippen molar-refractivity contribution in [2.24, 2.45) is 11.8 Å². The average molecular weight is 254 g/mol. The van der Waals surface area contributed by atoms with E-state index in [-0.39, 0.29) is 0 Å². The molecule has 0 spiro atoms. The molecule has 0 bridgehead atoms. The summed E-state index contributed by atoms with van der Waals surface area (Å²) in [4.78, 5) is 2.75. The van der Waals surface area contributed by atoms with Gasteiger partial charge in [0.15, 0.2) is 0 Å². The summed E-state index contributed by atoms with van der Waals surface area (Å²) < 4.78 is 0. The van der Waals surface area contributed by atoms with Gasteiger partial charge in [-0.15, -0.1) is 0 Å². The van der Waals surface area contributed by atoms with Crippen LogP contribution in [0.15, 0.2) is 0 Å². The standard InChI is InChI=1S/C16H34N2/c1-6-9-17-10-7-8-15(4)18-12-13(2)11-14(3)16(18)5/h13-17H,6-12H2,1-5H3. The van der Waals surface area contributed by atoms with E-state index in [0.29, 0.717) is 0 Å². The Balaban J connectivity index is 2.28. The molecule has 1 heterocycles. The van der Waals surface area contributed by atoms with Crippen LogP contribution in [-0.2, 0) is 0 Å². The highest BCUT2D eigenvalue weighted by Gasteiger charge is 2.31. The highest BCUT2D eigenvalue weighted by molar-refractivity contribution is 4.85. The monoisotopic (exact) mass is 254 g/mol. The van der Waals surface area contributed by atoms with E-state index in [9.17, 15) is 0 Å². The molecular weight excluding hydrogens is 220 g/mol. The average Bonchev–Trinajstić information content (AvgIpc) is 2.33. The maximum absolute atomic E-state index is 3.50. The van der Waals surface area contributed by atoms with Gasteiger partial charge in [0.05, 0.1) is 0 Å². The molecule has 1 N–H and O–H groups in total. The molecule has 0 aromatic rings. The molecule has 2 nitrogen and oxygen atoms in total. The Morgan fingerprint density at radius 2 is 1.94 bits per heavy atom. The Morgan fingerprint density at radius 1 is 1.22 bits per heavy atom. The van der Waals surface area contributed by atoms with Crippen LogP contribution in [0, 0.1) is 11.8 Å². The van der Waals surface area contributed by atoms with Gasteiger partial charge in [0.25, 0.3) is 0 Å². The second-order valence-electron chi connectivity index (χ2n) is 6.50. The highest BCUT2D eigenvalue weighted by atomic mass is 15.2. The Bertz CT molecular complexity index is 217. The van der Waals surface area contributed by atoms with Gasteiger partial charge in [-0.05, 0) is 64.5 Å². The summed E-state index contributed by atoms with van der Waals surface area (Å²) in [7, 11) is 0. The third kappa shape index (κ3) is 4.89. The van der Waals surface area contributed by atoms with Crippen LogP contribution >= 0.6 is 0 Å². The zero-order chi connectivity index (χ0) is 13.5. The maximum Gasteiger partial charge on any atom is 0.00955 e. The lowest BCUT2D eigenvalue weighted by Crippen LogP contribution is -2.50. The fraction of sp³-hybridized carbons (Fsp3) is 1.00. The van der Waals surface area contributed by atoms with Gasteiger partial charge in [-0.25, -0.2) is 0 Å². The van der Waals surface area contributed by atoms with Gasteiger partial charge in [0.2, 0.25) is 0 Å². The SMILES string of the molecule is CCCNCCCC(C)N1CC(C)CC(C)C1C. The smallest absolute Gasteiger partial charge is 0.00955 e. The van der Waals surface area contributed by atoms with Crippen LogP contribution in [0.4, 0.5) is 0 Å². The summed E-state index contributed by atoms with van der Waals surface area (Å²) in [5.41, 5.74) is 0. The predicted molar refractivity (Wildman–Crippen MR) is 81.0 cm³/mol. The minimum absolute atomic E-state index is 0.744. The minimum atomic E-state index is 0.744. The van der Waals surface area contributed by atoms with Gasteiger partial charge in [-0.1, -0.05) is 20.8 Å². The molecular formula is C16H34N2. The van der Waals surface area contributed by atoms with E-state index in [1.807, 2.05) is 0 Å². The molecule has 4 unspecified atom stereocenters. The molecule has 1 aliphatic rings. The molecule has 0 amide bonds. The van der Waals surface area contributed by atoms with Gasteiger partial charge in [-0.3, -0.25) is 4.90 Å². The summed E-state index contributed by atoms with van der Waals surface area (Å²) in [6, 6.07) is 1.51. The molecule has 18 heavy (non-hydrogen) atoms. The van der Waals surface area contributed by atoms with Crippen molar-refractivity contribution in [1.82, 2.24) is 10.2 Å². The maximum atomic E-state index is 3.50. The van der Waals surface area contributed by atoms with Crippen LogP contribution < -0.4 is 5.32 Å². The van der Waals surface area contributed by atoms with Gasteiger partial charge >= 0.3 is 0 Å². The Labute approximate surface area is 115 Å². The number of hydrogen-bond acceptors (Lipinski definition) is 2. The fourth-order valence-electron chi connectivity index (χ4n) is 3.33. The number of nitrogens with one attached hydrogen (secondary N) is 1.